The highest BCUT2D eigenvalue weighted by atomic mass is 16.2. The summed E-state index contributed by atoms with van der Waals surface area (Å²) in [5.41, 5.74) is 0.112. The van der Waals surface area contributed by atoms with Gasteiger partial charge in [-0.15, -0.1) is 0 Å². The van der Waals surface area contributed by atoms with E-state index in [1.807, 2.05) is 35.2 Å². The molecule has 1 aromatic carbocycles. The summed E-state index contributed by atoms with van der Waals surface area (Å²) < 4.78 is 0. The van der Waals surface area contributed by atoms with Crippen LogP contribution in [-0.4, -0.2) is 29.3 Å². The molecule has 4 fully saturated rings. The van der Waals surface area contributed by atoms with E-state index in [2.05, 4.69) is 5.32 Å². The Morgan fingerprint density at radius 1 is 1.21 bits per heavy atom. The zero-order valence-electron chi connectivity index (χ0n) is 10.6. The predicted molar refractivity (Wildman–Crippen MR) is 69.1 cm³/mol. The van der Waals surface area contributed by atoms with Gasteiger partial charge in [-0.25, -0.2) is 0 Å². The number of nitrogens with zero attached hydrogens (tertiary/aromatic N) is 1. The van der Waals surface area contributed by atoms with Crippen LogP contribution in [0.1, 0.15) is 24.8 Å². The highest BCUT2D eigenvalue weighted by Gasteiger charge is 2.61. The summed E-state index contributed by atoms with van der Waals surface area (Å²) in [7, 11) is 0. The third kappa shape index (κ3) is 1.29. The first-order chi connectivity index (χ1) is 9.22. The molecule has 0 spiro atoms. The van der Waals surface area contributed by atoms with Crippen LogP contribution < -0.4 is 5.32 Å². The lowest BCUT2D eigenvalue weighted by atomic mass is 9.66. The van der Waals surface area contributed by atoms with E-state index in [0.29, 0.717) is 5.92 Å². The topological polar surface area (TPSA) is 49.4 Å². The molecule has 4 saturated heterocycles. The molecule has 1 aromatic rings. The maximum Gasteiger partial charge on any atom is 0.253 e. The zero-order chi connectivity index (χ0) is 13.0. The molecule has 3 unspecified atom stereocenters. The Hall–Kier alpha value is -1.84. The van der Waals surface area contributed by atoms with Crippen molar-refractivity contribution >= 4 is 11.8 Å². The lowest BCUT2D eigenvalue weighted by Crippen LogP contribution is -2.76. The fraction of sp³-hybridized carbons (Fsp3) is 0.467. The lowest BCUT2D eigenvalue weighted by molar-refractivity contribution is -0.171. The Bertz CT molecular complexity index is 557. The van der Waals surface area contributed by atoms with E-state index in [4.69, 9.17) is 0 Å². The van der Waals surface area contributed by atoms with E-state index in [1.54, 1.807) is 0 Å². The summed E-state index contributed by atoms with van der Waals surface area (Å²) in [6, 6.07) is 9.46. The van der Waals surface area contributed by atoms with Crippen molar-refractivity contribution in [3.8, 4) is 0 Å². The molecule has 4 bridgehead atoms. The molecule has 5 rings (SSSR count). The van der Waals surface area contributed by atoms with Crippen molar-refractivity contribution in [1.29, 1.82) is 0 Å². The lowest BCUT2D eigenvalue weighted by Gasteiger charge is -2.57. The number of piperazine rings is 1. The minimum atomic E-state index is -0.807. The van der Waals surface area contributed by atoms with E-state index >= 15 is 0 Å². The monoisotopic (exact) mass is 256 g/mol. The fourth-order valence-corrected chi connectivity index (χ4v) is 4.02. The van der Waals surface area contributed by atoms with E-state index < -0.39 is 5.54 Å². The normalized spacial score (nSPS) is 36.3. The predicted octanol–water partition coefficient (Wildman–Crippen LogP) is 1.02. The minimum absolute atomic E-state index is 0.0272. The van der Waals surface area contributed by atoms with Crippen molar-refractivity contribution in [3.05, 3.63) is 35.9 Å². The molecule has 4 aliphatic heterocycles. The van der Waals surface area contributed by atoms with Crippen LogP contribution in [0.2, 0.25) is 0 Å². The summed E-state index contributed by atoms with van der Waals surface area (Å²) in [5.74, 6) is 0.430. The molecule has 2 amide bonds. The van der Waals surface area contributed by atoms with Gasteiger partial charge >= 0.3 is 0 Å². The van der Waals surface area contributed by atoms with Crippen LogP contribution in [0.4, 0.5) is 0 Å². The molecule has 19 heavy (non-hydrogen) atoms. The number of rotatable bonds is 1. The highest BCUT2D eigenvalue weighted by molar-refractivity contribution is 6.02. The van der Waals surface area contributed by atoms with E-state index in [9.17, 15) is 9.59 Å². The summed E-state index contributed by atoms with van der Waals surface area (Å²) in [6.45, 7) is 0.724. The molecule has 4 heterocycles. The Balaban J connectivity index is 1.87. The first-order valence-corrected chi connectivity index (χ1v) is 6.91. The first kappa shape index (κ1) is 11.0. The minimum Gasteiger partial charge on any atom is -0.336 e. The quantitative estimate of drug-likeness (QED) is 0.815. The molecule has 0 aliphatic carbocycles. The number of carbonyl (C=O) groups is 2. The second-order valence-corrected chi connectivity index (χ2v) is 5.81. The van der Waals surface area contributed by atoms with Gasteiger partial charge in [0, 0.05) is 6.54 Å². The number of benzene rings is 1. The highest BCUT2D eigenvalue weighted by Crippen LogP contribution is 2.46. The maximum absolute atomic E-state index is 12.8. The van der Waals surface area contributed by atoms with Crippen LogP contribution in [-0.2, 0) is 15.1 Å². The molecule has 98 valence electrons. The molecule has 1 N–H and O–H groups in total. The number of amides is 2. The van der Waals surface area contributed by atoms with Crippen LogP contribution in [0.15, 0.2) is 30.3 Å². The number of carbonyl (C=O) groups excluding carboxylic acids is 2. The SMILES string of the molecule is O=C1NC2(c3ccccc3)CC3CCCN(C2=O)C13. The van der Waals surface area contributed by atoms with Gasteiger partial charge in [0.2, 0.25) is 5.91 Å². The molecule has 4 heteroatoms. The number of nitrogens with one attached hydrogen (secondary N) is 1. The second kappa shape index (κ2) is 3.59. The van der Waals surface area contributed by atoms with Gasteiger partial charge in [-0.3, -0.25) is 9.59 Å². The summed E-state index contributed by atoms with van der Waals surface area (Å²) in [5, 5.41) is 2.99. The van der Waals surface area contributed by atoms with Gasteiger partial charge in [0.15, 0.2) is 0 Å². The molecular formula is C15H16N2O2. The summed E-state index contributed by atoms with van der Waals surface area (Å²) >= 11 is 0. The Morgan fingerprint density at radius 2 is 2.00 bits per heavy atom. The van der Waals surface area contributed by atoms with Gasteiger partial charge in [0.1, 0.15) is 11.6 Å². The molecule has 3 atom stereocenters. The van der Waals surface area contributed by atoms with Gasteiger partial charge in [-0.1, -0.05) is 30.3 Å². The number of piperidine rings is 3. The standard InChI is InChI=1S/C15H16N2O2/c18-13-12-10-5-4-8-17(12)14(19)15(9-10,16-13)11-6-2-1-3-7-11/h1-3,6-7,10,12H,4-5,8-9H2,(H,16,18). The van der Waals surface area contributed by atoms with Gasteiger partial charge in [0.05, 0.1) is 0 Å². The molecule has 0 aromatic heterocycles. The average molecular weight is 256 g/mol. The largest absolute Gasteiger partial charge is 0.336 e. The van der Waals surface area contributed by atoms with Gasteiger partial charge in [-0.2, -0.15) is 0 Å². The number of hydrogen-bond donors (Lipinski definition) is 1. The van der Waals surface area contributed by atoms with Crippen molar-refractivity contribution < 1.29 is 9.59 Å². The molecule has 4 nitrogen and oxygen atoms in total. The van der Waals surface area contributed by atoms with Crippen LogP contribution in [0.25, 0.3) is 0 Å². The van der Waals surface area contributed by atoms with Crippen LogP contribution >= 0.6 is 0 Å². The molecule has 0 saturated carbocycles. The number of hydrogen-bond acceptors (Lipinski definition) is 2. The van der Waals surface area contributed by atoms with Gasteiger partial charge in [-0.05, 0) is 30.7 Å². The summed E-state index contributed by atoms with van der Waals surface area (Å²) in [4.78, 5) is 26.9. The van der Waals surface area contributed by atoms with E-state index in [-0.39, 0.29) is 17.9 Å². The van der Waals surface area contributed by atoms with Crippen molar-refractivity contribution in [2.75, 3.05) is 6.54 Å². The van der Waals surface area contributed by atoms with Crippen molar-refractivity contribution in [2.45, 2.75) is 30.8 Å². The smallest absolute Gasteiger partial charge is 0.253 e. The van der Waals surface area contributed by atoms with E-state index in [1.165, 1.54) is 0 Å². The van der Waals surface area contributed by atoms with Crippen LogP contribution in [0.5, 0.6) is 0 Å². The molecule has 0 radical (unpaired) electrons. The Morgan fingerprint density at radius 3 is 2.79 bits per heavy atom. The zero-order valence-corrected chi connectivity index (χ0v) is 10.6. The van der Waals surface area contributed by atoms with Crippen LogP contribution in [0.3, 0.4) is 0 Å². The van der Waals surface area contributed by atoms with E-state index in [0.717, 1.165) is 31.4 Å². The maximum atomic E-state index is 12.8. The first-order valence-electron chi connectivity index (χ1n) is 6.91. The third-order valence-corrected chi connectivity index (χ3v) is 4.82. The Kier molecular flexibility index (Phi) is 2.08. The average Bonchev–Trinajstić information content (AvgIpc) is 2.45. The van der Waals surface area contributed by atoms with Crippen molar-refractivity contribution in [2.24, 2.45) is 5.92 Å². The fourth-order valence-electron chi connectivity index (χ4n) is 4.02. The van der Waals surface area contributed by atoms with Gasteiger partial charge < -0.3 is 10.2 Å². The van der Waals surface area contributed by atoms with Crippen LogP contribution in [0, 0.1) is 5.92 Å². The van der Waals surface area contributed by atoms with Gasteiger partial charge in [0.25, 0.3) is 5.91 Å². The third-order valence-electron chi connectivity index (χ3n) is 4.82. The van der Waals surface area contributed by atoms with Crippen molar-refractivity contribution in [3.63, 3.8) is 0 Å². The van der Waals surface area contributed by atoms with Crippen molar-refractivity contribution in [1.82, 2.24) is 10.2 Å². The number of fused-ring (bicyclic) bond motifs is 1. The second-order valence-electron chi connectivity index (χ2n) is 5.81. The molecule has 4 aliphatic rings. The Labute approximate surface area is 111 Å². The summed E-state index contributed by atoms with van der Waals surface area (Å²) in [6.07, 6.45) is 2.82. The molecular weight excluding hydrogens is 240 g/mol.